The van der Waals surface area contributed by atoms with E-state index in [1.54, 1.807) is 18.3 Å². The molecule has 0 spiro atoms. The second-order valence-electron chi connectivity index (χ2n) is 9.17. The number of anilines is 2. The first-order valence-corrected chi connectivity index (χ1v) is 13.2. The molecule has 0 saturated heterocycles. The van der Waals surface area contributed by atoms with Crippen LogP contribution in [0.3, 0.4) is 0 Å². The van der Waals surface area contributed by atoms with Gasteiger partial charge in [-0.05, 0) is 68.4 Å². The van der Waals surface area contributed by atoms with Crippen molar-refractivity contribution < 1.29 is 23.1 Å². The number of aromatic nitrogens is 3. The molecule has 37 heavy (non-hydrogen) atoms. The van der Waals surface area contributed by atoms with Gasteiger partial charge in [-0.3, -0.25) is 4.79 Å². The Balaban J connectivity index is 1.45. The maximum atomic E-state index is 13.0. The third-order valence-electron chi connectivity index (χ3n) is 6.18. The number of nitrogens with zero attached hydrogens (tertiary/aromatic N) is 3. The first kappa shape index (κ1) is 27.3. The van der Waals surface area contributed by atoms with Crippen molar-refractivity contribution in [1.29, 1.82) is 0 Å². The van der Waals surface area contributed by atoms with Crippen LogP contribution >= 0.6 is 22.9 Å². The number of hydrogen-bond donors (Lipinski definition) is 3. The summed E-state index contributed by atoms with van der Waals surface area (Å²) in [5.74, 6) is 0.270. The molecule has 3 N–H and O–H groups in total. The van der Waals surface area contributed by atoms with Gasteiger partial charge in [0, 0.05) is 36.4 Å². The van der Waals surface area contributed by atoms with E-state index in [2.05, 4.69) is 25.6 Å². The lowest BCUT2D eigenvalue weighted by Gasteiger charge is -2.34. The molecular formula is C25H27ClF3N5O2S. The van der Waals surface area contributed by atoms with Crippen molar-refractivity contribution in [1.82, 2.24) is 20.3 Å². The Morgan fingerprint density at radius 2 is 2.00 bits per heavy atom. The van der Waals surface area contributed by atoms with E-state index in [4.69, 9.17) is 11.6 Å². The molecule has 198 valence electrons. The normalized spacial score (nSPS) is 20.0. The highest BCUT2D eigenvalue weighted by atomic mass is 35.5. The first-order chi connectivity index (χ1) is 17.6. The van der Waals surface area contributed by atoms with Gasteiger partial charge in [0.05, 0.1) is 4.88 Å². The van der Waals surface area contributed by atoms with Crippen molar-refractivity contribution in [3.8, 4) is 10.4 Å². The zero-order valence-corrected chi connectivity index (χ0v) is 21.7. The van der Waals surface area contributed by atoms with Crippen LogP contribution in [0.15, 0.2) is 36.7 Å². The second-order valence-corrected chi connectivity index (χ2v) is 10.6. The van der Waals surface area contributed by atoms with Gasteiger partial charge in [0.25, 0.3) is 0 Å². The van der Waals surface area contributed by atoms with E-state index in [0.717, 1.165) is 28.3 Å². The summed E-state index contributed by atoms with van der Waals surface area (Å²) < 4.78 is 39.0. The van der Waals surface area contributed by atoms with Crippen LogP contribution in [0.2, 0.25) is 0 Å². The number of carbonyl (C=O) groups excluding carboxylic acids is 1. The largest absolute Gasteiger partial charge is 0.433 e. The fourth-order valence-electron chi connectivity index (χ4n) is 4.31. The topological polar surface area (TPSA) is 100 Å². The lowest BCUT2D eigenvalue weighted by atomic mass is 9.82. The third kappa shape index (κ3) is 6.97. The summed E-state index contributed by atoms with van der Waals surface area (Å²) in [5, 5.41) is 17.8. The highest BCUT2D eigenvalue weighted by molar-refractivity contribution is 7.15. The highest BCUT2D eigenvalue weighted by Gasteiger charge is 2.38. The summed E-state index contributed by atoms with van der Waals surface area (Å²) in [4.78, 5) is 24.8. The van der Waals surface area contributed by atoms with Crippen LogP contribution in [-0.4, -0.2) is 37.9 Å². The molecule has 1 amide bonds. The lowest BCUT2D eigenvalue weighted by Crippen LogP contribution is -2.42. The zero-order chi connectivity index (χ0) is 26.6. The summed E-state index contributed by atoms with van der Waals surface area (Å²) in [5.41, 5.74) is 0.126. The van der Waals surface area contributed by atoms with Crippen LogP contribution in [-0.2, 0) is 16.6 Å². The van der Waals surface area contributed by atoms with Gasteiger partial charge < -0.3 is 15.7 Å². The van der Waals surface area contributed by atoms with Gasteiger partial charge >= 0.3 is 6.18 Å². The summed E-state index contributed by atoms with van der Waals surface area (Å²) in [6, 6.07) is 6.34. The van der Waals surface area contributed by atoms with Crippen molar-refractivity contribution >= 4 is 40.5 Å². The summed E-state index contributed by atoms with van der Waals surface area (Å²) in [6.07, 6.45) is 1.47. The summed E-state index contributed by atoms with van der Waals surface area (Å²) in [6.45, 7) is 1.87. The Labute approximate surface area is 221 Å². The number of halogens is 4. The number of amides is 1. The maximum Gasteiger partial charge on any atom is 0.433 e. The first-order valence-electron chi connectivity index (χ1n) is 11.9. The van der Waals surface area contributed by atoms with Crippen LogP contribution in [0.5, 0.6) is 0 Å². The fraction of sp³-hybridized carbons (Fsp3) is 0.440. The van der Waals surface area contributed by atoms with Gasteiger partial charge in [0.15, 0.2) is 0 Å². The van der Waals surface area contributed by atoms with Crippen LogP contribution < -0.4 is 10.6 Å². The second kappa shape index (κ2) is 11.3. The number of alkyl halides is 4. The molecule has 3 aromatic rings. The minimum Gasteiger partial charge on any atom is -0.383 e. The smallest absolute Gasteiger partial charge is 0.383 e. The molecule has 2 heterocycles. The number of rotatable bonds is 8. The summed E-state index contributed by atoms with van der Waals surface area (Å²) in [7, 11) is 0. The molecule has 12 heteroatoms. The average Bonchev–Trinajstić information content (AvgIpc) is 3.35. The van der Waals surface area contributed by atoms with Crippen LogP contribution in [0, 0.1) is 6.92 Å². The molecule has 0 unspecified atom stereocenters. The quantitative estimate of drug-likeness (QED) is 0.299. The van der Waals surface area contributed by atoms with Gasteiger partial charge in [-0.2, -0.15) is 13.2 Å². The number of aryl methyl sites for hydroxylation is 1. The molecule has 1 aliphatic rings. The predicted molar refractivity (Wildman–Crippen MR) is 137 cm³/mol. The molecule has 0 bridgehead atoms. The molecule has 1 aromatic carbocycles. The van der Waals surface area contributed by atoms with Crippen molar-refractivity contribution in [2.45, 2.75) is 63.3 Å². The molecule has 1 aliphatic carbocycles. The van der Waals surface area contributed by atoms with Crippen molar-refractivity contribution in [2.75, 3.05) is 11.2 Å². The lowest BCUT2D eigenvalue weighted by molar-refractivity contribution is -0.141. The Bertz CT molecular complexity index is 1250. The fourth-order valence-corrected chi connectivity index (χ4v) is 5.49. The number of aliphatic hydroxyl groups is 1. The Morgan fingerprint density at radius 1 is 1.24 bits per heavy atom. The van der Waals surface area contributed by atoms with Crippen molar-refractivity contribution in [3.05, 3.63) is 52.9 Å². The minimum atomic E-state index is -4.56. The Morgan fingerprint density at radius 3 is 2.70 bits per heavy atom. The zero-order valence-electron chi connectivity index (χ0n) is 20.1. The average molecular weight is 554 g/mol. The highest BCUT2D eigenvalue weighted by Crippen LogP contribution is 2.41. The molecule has 1 saturated carbocycles. The summed E-state index contributed by atoms with van der Waals surface area (Å²) >= 11 is 7.02. The van der Waals surface area contributed by atoms with E-state index in [1.165, 1.54) is 11.3 Å². The number of benzene rings is 1. The van der Waals surface area contributed by atoms with Gasteiger partial charge in [-0.1, -0.05) is 6.07 Å². The molecule has 1 fully saturated rings. The molecule has 2 aromatic heterocycles. The van der Waals surface area contributed by atoms with Crippen LogP contribution in [0.1, 0.15) is 54.8 Å². The monoisotopic (exact) mass is 553 g/mol. The number of nitrogens with one attached hydrogen (secondary N) is 2. The SMILES string of the molecule is Cc1cc(Nc2nccc(C(F)(F)F)n2)cc(-c2cnc(C3(O)CCC(NC(=O)CCCCl)CC3)s2)c1. The van der Waals surface area contributed by atoms with E-state index in [1.807, 2.05) is 13.0 Å². The maximum absolute atomic E-state index is 13.0. The van der Waals surface area contributed by atoms with Gasteiger partial charge in [-0.15, -0.1) is 22.9 Å². The van der Waals surface area contributed by atoms with Gasteiger partial charge in [-0.25, -0.2) is 15.0 Å². The van der Waals surface area contributed by atoms with Crippen LogP contribution in [0.25, 0.3) is 10.4 Å². The Kier molecular flexibility index (Phi) is 8.35. The number of hydrogen-bond acceptors (Lipinski definition) is 7. The minimum absolute atomic E-state index is 0.0194. The standard InChI is InChI=1S/C25H27ClF3N5O2S/c1-15-11-16(13-18(12-15)33-23-30-10-6-20(34-23)25(27,28)29)19-14-31-22(37-19)24(36)7-4-17(5-8-24)32-21(35)3-2-9-26/h6,10-14,17,36H,2-5,7-9H2,1H3,(H,32,35)(H,30,33,34). The van der Waals surface area contributed by atoms with Gasteiger partial charge in [0.1, 0.15) is 16.3 Å². The van der Waals surface area contributed by atoms with Crippen molar-refractivity contribution in [3.63, 3.8) is 0 Å². The number of carbonyl (C=O) groups is 1. The van der Waals surface area contributed by atoms with Gasteiger partial charge in [0.2, 0.25) is 11.9 Å². The predicted octanol–water partition coefficient (Wildman–Crippen LogP) is 5.94. The van der Waals surface area contributed by atoms with E-state index < -0.39 is 17.5 Å². The molecule has 0 radical (unpaired) electrons. The van der Waals surface area contributed by atoms with E-state index in [0.29, 0.717) is 55.1 Å². The molecule has 0 atom stereocenters. The van der Waals surface area contributed by atoms with E-state index in [-0.39, 0.29) is 17.9 Å². The van der Waals surface area contributed by atoms with E-state index in [9.17, 15) is 23.1 Å². The van der Waals surface area contributed by atoms with Crippen molar-refractivity contribution in [2.24, 2.45) is 0 Å². The molecule has 0 aliphatic heterocycles. The number of thiazole rings is 1. The molecule has 4 rings (SSSR count). The van der Waals surface area contributed by atoms with Crippen LogP contribution in [0.4, 0.5) is 24.8 Å². The molecular weight excluding hydrogens is 527 g/mol. The molecule has 7 nitrogen and oxygen atoms in total. The third-order valence-corrected chi connectivity index (χ3v) is 7.69. The van der Waals surface area contributed by atoms with E-state index >= 15 is 0 Å². The Hall–Kier alpha value is -2.76.